The Bertz CT molecular complexity index is 277. The van der Waals surface area contributed by atoms with E-state index < -0.39 is 11.7 Å². The van der Waals surface area contributed by atoms with Crippen LogP contribution in [0.15, 0.2) is 10.7 Å². The van der Waals surface area contributed by atoms with Crippen molar-refractivity contribution in [3.8, 4) is 0 Å². The van der Waals surface area contributed by atoms with Gasteiger partial charge in [-0.15, -0.1) is 11.6 Å². The molecule has 0 unspecified atom stereocenters. The predicted octanol–water partition coefficient (Wildman–Crippen LogP) is 3.35. The molecular weight excluding hydrogens is 193 g/mol. The Balaban J connectivity index is 3.16. The van der Waals surface area contributed by atoms with Crippen molar-refractivity contribution in [2.45, 2.75) is 19.0 Å². The summed E-state index contributed by atoms with van der Waals surface area (Å²) in [5.74, 6) is 0.0364. The van der Waals surface area contributed by atoms with Gasteiger partial charge < -0.3 is 4.42 Å². The summed E-state index contributed by atoms with van der Waals surface area (Å²) in [5.41, 5.74) is -0.765. The highest BCUT2D eigenvalue weighted by Crippen LogP contribution is 2.34. The summed E-state index contributed by atoms with van der Waals surface area (Å²) in [5, 5.41) is 0. The summed E-state index contributed by atoms with van der Waals surface area (Å²) in [6, 6.07) is 0. The van der Waals surface area contributed by atoms with E-state index in [1.807, 2.05) is 0 Å². The normalized spacial score (nSPS) is 12.1. The van der Waals surface area contributed by atoms with E-state index in [2.05, 4.69) is 4.42 Å². The van der Waals surface area contributed by atoms with Gasteiger partial charge in [0.15, 0.2) is 0 Å². The van der Waals surface area contributed by atoms with E-state index in [0.717, 1.165) is 0 Å². The van der Waals surface area contributed by atoms with Crippen molar-refractivity contribution in [2.24, 2.45) is 0 Å². The molecule has 1 rings (SSSR count). The third-order valence-corrected chi connectivity index (χ3v) is 1.81. The Morgan fingerprint density at radius 1 is 1.50 bits per heavy atom. The maximum absolute atomic E-state index is 12.1. The lowest BCUT2D eigenvalue weighted by Crippen LogP contribution is -2.06. The SMILES string of the molecule is Cc1occ(C(F)(F)F)c1CCl. The minimum Gasteiger partial charge on any atom is -0.469 e. The van der Waals surface area contributed by atoms with Gasteiger partial charge in [-0.25, -0.2) is 0 Å². The minimum atomic E-state index is -4.37. The van der Waals surface area contributed by atoms with Crippen molar-refractivity contribution in [1.82, 2.24) is 0 Å². The van der Waals surface area contributed by atoms with Crippen molar-refractivity contribution < 1.29 is 17.6 Å². The van der Waals surface area contributed by atoms with E-state index in [-0.39, 0.29) is 17.2 Å². The lowest BCUT2D eigenvalue weighted by Gasteiger charge is -2.04. The zero-order chi connectivity index (χ0) is 9.35. The van der Waals surface area contributed by atoms with E-state index >= 15 is 0 Å². The van der Waals surface area contributed by atoms with Gasteiger partial charge in [-0.3, -0.25) is 0 Å². The number of hydrogen-bond acceptors (Lipinski definition) is 1. The molecule has 68 valence electrons. The Morgan fingerprint density at radius 3 is 2.42 bits per heavy atom. The minimum absolute atomic E-state index is 0.0177. The quantitative estimate of drug-likeness (QED) is 0.631. The third-order valence-electron chi connectivity index (χ3n) is 1.54. The molecule has 0 aliphatic carbocycles. The number of aryl methyl sites for hydroxylation is 1. The first-order valence-electron chi connectivity index (χ1n) is 3.17. The summed E-state index contributed by atoms with van der Waals surface area (Å²) in [6.45, 7) is 1.45. The molecule has 0 saturated heterocycles. The lowest BCUT2D eigenvalue weighted by molar-refractivity contribution is -0.138. The first-order chi connectivity index (χ1) is 5.46. The van der Waals surface area contributed by atoms with E-state index in [9.17, 15) is 13.2 Å². The van der Waals surface area contributed by atoms with Crippen LogP contribution in [-0.2, 0) is 12.1 Å². The second-order valence-corrected chi connectivity index (χ2v) is 2.58. The van der Waals surface area contributed by atoms with Crippen LogP contribution in [-0.4, -0.2) is 0 Å². The molecule has 5 heteroatoms. The highest BCUT2D eigenvalue weighted by molar-refractivity contribution is 6.17. The third kappa shape index (κ3) is 1.58. The number of furan rings is 1. The molecule has 1 heterocycles. The molecular formula is C7H6ClF3O. The smallest absolute Gasteiger partial charge is 0.419 e. The predicted molar refractivity (Wildman–Crippen MR) is 38.0 cm³/mol. The Kier molecular flexibility index (Phi) is 2.37. The topological polar surface area (TPSA) is 13.1 Å². The molecule has 0 atom stereocenters. The molecule has 0 bridgehead atoms. The molecule has 12 heavy (non-hydrogen) atoms. The van der Waals surface area contributed by atoms with E-state index in [1.54, 1.807) is 0 Å². The molecule has 0 amide bonds. The zero-order valence-electron chi connectivity index (χ0n) is 6.20. The van der Waals surface area contributed by atoms with Gasteiger partial charge in [-0.2, -0.15) is 13.2 Å². The van der Waals surface area contributed by atoms with Gasteiger partial charge in [0.05, 0.1) is 11.4 Å². The second kappa shape index (κ2) is 3.01. The van der Waals surface area contributed by atoms with Crippen molar-refractivity contribution in [2.75, 3.05) is 0 Å². The van der Waals surface area contributed by atoms with E-state index in [4.69, 9.17) is 11.6 Å². The molecule has 0 fully saturated rings. The molecule has 1 aromatic rings. The fourth-order valence-corrected chi connectivity index (χ4v) is 1.22. The molecule has 0 aromatic carbocycles. The van der Waals surface area contributed by atoms with Crippen LogP contribution in [0.2, 0.25) is 0 Å². The Labute approximate surface area is 72.1 Å². The van der Waals surface area contributed by atoms with Crippen molar-refractivity contribution in [3.05, 3.63) is 23.2 Å². The number of halogens is 4. The fourth-order valence-electron chi connectivity index (χ4n) is 0.883. The van der Waals surface area contributed by atoms with Crippen LogP contribution >= 0.6 is 11.6 Å². The van der Waals surface area contributed by atoms with Gasteiger partial charge in [0, 0.05) is 5.56 Å². The van der Waals surface area contributed by atoms with Crippen LogP contribution in [0, 0.1) is 6.92 Å². The Morgan fingerprint density at radius 2 is 2.08 bits per heavy atom. The molecule has 0 saturated carbocycles. The highest BCUT2D eigenvalue weighted by atomic mass is 35.5. The van der Waals surface area contributed by atoms with Gasteiger partial charge in [0.1, 0.15) is 12.0 Å². The molecule has 0 aliphatic heterocycles. The molecule has 0 N–H and O–H groups in total. The maximum atomic E-state index is 12.1. The van der Waals surface area contributed by atoms with Crippen LogP contribution in [0.25, 0.3) is 0 Å². The summed E-state index contributed by atoms with van der Waals surface area (Å²) in [7, 11) is 0. The number of hydrogen-bond donors (Lipinski definition) is 0. The van der Waals surface area contributed by atoms with Crippen LogP contribution in [0.4, 0.5) is 13.2 Å². The Hall–Kier alpha value is -0.640. The van der Waals surface area contributed by atoms with Crippen molar-refractivity contribution >= 4 is 11.6 Å². The molecule has 0 aliphatic rings. The zero-order valence-corrected chi connectivity index (χ0v) is 6.96. The van der Waals surface area contributed by atoms with Gasteiger partial charge in [-0.05, 0) is 6.92 Å². The van der Waals surface area contributed by atoms with E-state index in [0.29, 0.717) is 6.26 Å². The van der Waals surface area contributed by atoms with Gasteiger partial charge in [-0.1, -0.05) is 0 Å². The largest absolute Gasteiger partial charge is 0.469 e. The molecule has 0 spiro atoms. The number of rotatable bonds is 1. The summed E-state index contributed by atoms with van der Waals surface area (Å²) in [4.78, 5) is 0. The molecule has 1 aromatic heterocycles. The van der Waals surface area contributed by atoms with Crippen LogP contribution in [0.1, 0.15) is 16.9 Å². The van der Waals surface area contributed by atoms with E-state index in [1.165, 1.54) is 6.92 Å². The average molecular weight is 199 g/mol. The average Bonchev–Trinajstić information content (AvgIpc) is 2.29. The van der Waals surface area contributed by atoms with Crippen LogP contribution in [0.3, 0.4) is 0 Å². The summed E-state index contributed by atoms with van der Waals surface area (Å²) >= 11 is 5.32. The molecule has 1 nitrogen and oxygen atoms in total. The highest BCUT2D eigenvalue weighted by Gasteiger charge is 2.35. The first kappa shape index (κ1) is 9.45. The van der Waals surface area contributed by atoms with Gasteiger partial charge in [0.2, 0.25) is 0 Å². The van der Waals surface area contributed by atoms with Crippen molar-refractivity contribution in [3.63, 3.8) is 0 Å². The lowest BCUT2D eigenvalue weighted by atomic mass is 10.2. The van der Waals surface area contributed by atoms with Gasteiger partial charge in [0.25, 0.3) is 0 Å². The molecule has 0 radical (unpaired) electrons. The monoisotopic (exact) mass is 198 g/mol. The van der Waals surface area contributed by atoms with Gasteiger partial charge >= 0.3 is 6.18 Å². The number of alkyl halides is 4. The van der Waals surface area contributed by atoms with Crippen LogP contribution in [0.5, 0.6) is 0 Å². The van der Waals surface area contributed by atoms with Crippen molar-refractivity contribution in [1.29, 1.82) is 0 Å². The summed E-state index contributed by atoms with van der Waals surface area (Å²) in [6.07, 6.45) is -3.69. The standard InChI is InChI=1S/C7H6ClF3O/c1-4-5(2-8)6(3-12-4)7(9,10)11/h3H,2H2,1H3. The van der Waals surface area contributed by atoms with Crippen LogP contribution < -0.4 is 0 Å². The fraction of sp³-hybridized carbons (Fsp3) is 0.429. The maximum Gasteiger partial charge on any atom is 0.419 e. The first-order valence-corrected chi connectivity index (χ1v) is 3.70. The summed E-state index contributed by atoms with van der Waals surface area (Å²) < 4.78 is 41.0. The second-order valence-electron chi connectivity index (χ2n) is 2.32.